The Labute approximate surface area is 114 Å². The van der Waals surface area contributed by atoms with E-state index in [0.29, 0.717) is 17.2 Å². The van der Waals surface area contributed by atoms with Gasteiger partial charge in [0.15, 0.2) is 11.6 Å². The maximum Gasteiger partial charge on any atom is 0.220 e. The molecule has 0 spiro atoms. The summed E-state index contributed by atoms with van der Waals surface area (Å²) in [6.07, 6.45) is 6.13. The van der Waals surface area contributed by atoms with Crippen LogP contribution >= 0.6 is 0 Å². The largest absolute Gasteiger partial charge is 0.504 e. The Kier molecular flexibility index (Phi) is 2.92. The highest BCUT2D eigenvalue weighted by atomic mass is 16.3. The van der Waals surface area contributed by atoms with Gasteiger partial charge in [-0.05, 0) is 18.2 Å². The van der Waals surface area contributed by atoms with E-state index in [1.807, 2.05) is 0 Å². The Morgan fingerprint density at radius 1 is 0.950 bits per heavy atom. The third-order valence-corrected chi connectivity index (χ3v) is 2.62. The number of rotatable bonds is 2. The van der Waals surface area contributed by atoms with Crippen LogP contribution in [0.15, 0.2) is 43.0 Å². The van der Waals surface area contributed by atoms with Crippen molar-refractivity contribution in [2.75, 3.05) is 5.73 Å². The molecule has 7 heteroatoms. The summed E-state index contributed by atoms with van der Waals surface area (Å²) in [6.45, 7) is 0. The van der Waals surface area contributed by atoms with Crippen LogP contribution in [0.5, 0.6) is 5.75 Å². The second-order valence-electron chi connectivity index (χ2n) is 3.96. The van der Waals surface area contributed by atoms with Gasteiger partial charge in [0.25, 0.3) is 0 Å². The molecular formula is C13H10N6O. The van der Waals surface area contributed by atoms with Gasteiger partial charge in [0.2, 0.25) is 5.95 Å². The Morgan fingerprint density at radius 3 is 2.50 bits per heavy atom. The average molecular weight is 266 g/mol. The zero-order chi connectivity index (χ0) is 13.9. The van der Waals surface area contributed by atoms with Gasteiger partial charge in [0.1, 0.15) is 5.69 Å². The molecule has 0 saturated heterocycles. The SMILES string of the molecule is Nc1nccc(-c2nc(-c3ccncc3)ncc2O)n1. The lowest BCUT2D eigenvalue weighted by Crippen LogP contribution is -1.98. The number of anilines is 1. The lowest BCUT2D eigenvalue weighted by atomic mass is 10.2. The molecule has 0 aliphatic carbocycles. The molecule has 98 valence electrons. The smallest absolute Gasteiger partial charge is 0.220 e. The van der Waals surface area contributed by atoms with Crippen molar-refractivity contribution in [3.63, 3.8) is 0 Å². The van der Waals surface area contributed by atoms with Crippen molar-refractivity contribution < 1.29 is 5.11 Å². The van der Waals surface area contributed by atoms with Crippen LogP contribution in [0.25, 0.3) is 22.8 Å². The Hall–Kier alpha value is -3.09. The van der Waals surface area contributed by atoms with Crippen LogP contribution in [0, 0.1) is 0 Å². The third-order valence-electron chi connectivity index (χ3n) is 2.62. The predicted molar refractivity (Wildman–Crippen MR) is 72.4 cm³/mol. The van der Waals surface area contributed by atoms with Gasteiger partial charge in [-0.25, -0.2) is 19.9 Å². The summed E-state index contributed by atoms with van der Waals surface area (Å²) in [5, 5.41) is 9.89. The first-order valence-electron chi connectivity index (χ1n) is 5.79. The van der Waals surface area contributed by atoms with E-state index < -0.39 is 0 Å². The Balaban J connectivity index is 2.12. The minimum Gasteiger partial charge on any atom is -0.504 e. The molecule has 0 aliphatic heterocycles. The highest BCUT2D eigenvalue weighted by Crippen LogP contribution is 2.27. The number of hydrogen-bond acceptors (Lipinski definition) is 7. The van der Waals surface area contributed by atoms with Crippen molar-refractivity contribution in [2.45, 2.75) is 0 Å². The summed E-state index contributed by atoms with van der Waals surface area (Å²) in [5.41, 5.74) is 7.08. The van der Waals surface area contributed by atoms with Gasteiger partial charge in [0, 0.05) is 24.2 Å². The van der Waals surface area contributed by atoms with E-state index in [1.165, 1.54) is 12.4 Å². The fourth-order valence-electron chi connectivity index (χ4n) is 1.71. The van der Waals surface area contributed by atoms with E-state index in [2.05, 4.69) is 24.9 Å². The first-order valence-corrected chi connectivity index (χ1v) is 5.79. The van der Waals surface area contributed by atoms with E-state index in [-0.39, 0.29) is 11.7 Å². The van der Waals surface area contributed by atoms with Crippen molar-refractivity contribution in [3.05, 3.63) is 43.0 Å². The lowest BCUT2D eigenvalue weighted by molar-refractivity contribution is 0.472. The normalized spacial score (nSPS) is 10.4. The van der Waals surface area contributed by atoms with Crippen LogP contribution in [-0.4, -0.2) is 30.0 Å². The molecule has 0 aliphatic rings. The molecule has 0 unspecified atom stereocenters. The quantitative estimate of drug-likeness (QED) is 0.718. The number of nitrogens with zero attached hydrogens (tertiary/aromatic N) is 5. The van der Waals surface area contributed by atoms with Gasteiger partial charge in [-0.3, -0.25) is 4.98 Å². The minimum absolute atomic E-state index is 0.0686. The topological polar surface area (TPSA) is 111 Å². The van der Waals surface area contributed by atoms with Crippen LogP contribution in [0.4, 0.5) is 5.95 Å². The van der Waals surface area contributed by atoms with Gasteiger partial charge in [-0.15, -0.1) is 0 Å². The van der Waals surface area contributed by atoms with Gasteiger partial charge in [-0.2, -0.15) is 0 Å². The second kappa shape index (κ2) is 4.88. The highest BCUT2D eigenvalue weighted by Gasteiger charge is 2.11. The molecule has 20 heavy (non-hydrogen) atoms. The Morgan fingerprint density at radius 2 is 1.75 bits per heavy atom. The molecule has 0 amide bonds. The minimum atomic E-state index is -0.0686. The molecule has 3 rings (SSSR count). The predicted octanol–water partition coefficient (Wildman–Crippen LogP) is 1.28. The maximum absolute atomic E-state index is 9.89. The van der Waals surface area contributed by atoms with Crippen molar-refractivity contribution in [2.24, 2.45) is 0 Å². The van der Waals surface area contributed by atoms with Gasteiger partial charge in [0.05, 0.1) is 11.9 Å². The highest BCUT2D eigenvalue weighted by molar-refractivity contribution is 5.65. The zero-order valence-electron chi connectivity index (χ0n) is 10.3. The summed E-state index contributed by atoms with van der Waals surface area (Å²) in [4.78, 5) is 20.2. The molecule has 3 heterocycles. The molecule has 3 N–H and O–H groups in total. The number of hydrogen-bond donors (Lipinski definition) is 2. The van der Waals surface area contributed by atoms with E-state index in [0.717, 1.165) is 5.56 Å². The van der Waals surface area contributed by atoms with Crippen LogP contribution in [-0.2, 0) is 0 Å². The molecule has 0 radical (unpaired) electrons. The van der Waals surface area contributed by atoms with E-state index >= 15 is 0 Å². The average Bonchev–Trinajstić information content (AvgIpc) is 2.48. The molecule has 0 atom stereocenters. The summed E-state index contributed by atoms with van der Waals surface area (Å²) >= 11 is 0. The fourth-order valence-corrected chi connectivity index (χ4v) is 1.71. The van der Waals surface area contributed by atoms with Gasteiger partial charge < -0.3 is 10.8 Å². The summed E-state index contributed by atoms with van der Waals surface area (Å²) < 4.78 is 0. The van der Waals surface area contributed by atoms with Gasteiger partial charge in [-0.1, -0.05) is 0 Å². The van der Waals surface area contributed by atoms with Gasteiger partial charge >= 0.3 is 0 Å². The summed E-state index contributed by atoms with van der Waals surface area (Å²) in [5.74, 6) is 0.518. The standard InChI is InChI=1S/C13H10N6O/c14-13-16-6-3-9(18-13)11-10(20)7-17-12(19-11)8-1-4-15-5-2-8/h1-7,20H,(H2,14,16,18). The third kappa shape index (κ3) is 2.24. The maximum atomic E-state index is 9.89. The molecule has 0 bridgehead atoms. The van der Waals surface area contributed by atoms with Crippen LogP contribution in [0.2, 0.25) is 0 Å². The van der Waals surface area contributed by atoms with E-state index in [9.17, 15) is 5.11 Å². The molecule has 3 aromatic heterocycles. The number of aromatic nitrogens is 5. The molecule has 0 fully saturated rings. The molecule has 0 saturated carbocycles. The number of nitrogens with two attached hydrogens (primary N) is 1. The lowest BCUT2D eigenvalue weighted by Gasteiger charge is -2.06. The number of pyridine rings is 1. The first-order chi connectivity index (χ1) is 9.74. The van der Waals surface area contributed by atoms with Crippen molar-refractivity contribution in [3.8, 4) is 28.5 Å². The molecular weight excluding hydrogens is 256 g/mol. The molecule has 7 nitrogen and oxygen atoms in total. The molecule has 3 aromatic rings. The van der Waals surface area contributed by atoms with E-state index in [1.54, 1.807) is 30.6 Å². The second-order valence-corrected chi connectivity index (χ2v) is 3.96. The fraction of sp³-hybridized carbons (Fsp3) is 0. The van der Waals surface area contributed by atoms with Crippen LogP contribution in [0.1, 0.15) is 0 Å². The van der Waals surface area contributed by atoms with Crippen molar-refractivity contribution in [1.29, 1.82) is 0 Å². The molecule has 0 aromatic carbocycles. The monoisotopic (exact) mass is 266 g/mol. The number of aromatic hydroxyl groups is 1. The Bertz CT molecular complexity index is 747. The van der Waals surface area contributed by atoms with Crippen molar-refractivity contribution >= 4 is 5.95 Å². The summed E-state index contributed by atoms with van der Waals surface area (Å²) in [7, 11) is 0. The van der Waals surface area contributed by atoms with Crippen molar-refractivity contribution in [1.82, 2.24) is 24.9 Å². The van der Waals surface area contributed by atoms with Crippen LogP contribution < -0.4 is 5.73 Å². The number of nitrogen functional groups attached to an aromatic ring is 1. The summed E-state index contributed by atoms with van der Waals surface area (Å²) in [6, 6.07) is 5.18. The van der Waals surface area contributed by atoms with Crippen LogP contribution in [0.3, 0.4) is 0 Å². The first kappa shape index (κ1) is 12.0. The zero-order valence-corrected chi connectivity index (χ0v) is 10.3. The van der Waals surface area contributed by atoms with E-state index in [4.69, 9.17) is 5.73 Å².